The summed E-state index contributed by atoms with van der Waals surface area (Å²) in [6.07, 6.45) is 1.54. The molecule has 5 nitrogen and oxygen atoms in total. The van der Waals surface area contributed by atoms with Crippen LogP contribution in [0.3, 0.4) is 0 Å². The average molecular weight is 258 g/mol. The highest BCUT2D eigenvalue weighted by atomic mass is 16.5. The number of benzene rings is 1. The predicted octanol–water partition coefficient (Wildman–Crippen LogP) is 1.70. The van der Waals surface area contributed by atoms with Gasteiger partial charge in [0.25, 0.3) is 5.91 Å². The Labute approximate surface area is 110 Å². The van der Waals surface area contributed by atoms with E-state index in [1.807, 2.05) is 18.2 Å². The first-order valence-corrected chi connectivity index (χ1v) is 5.83. The number of pyridine rings is 1. The third-order valence-corrected chi connectivity index (χ3v) is 2.50. The van der Waals surface area contributed by atoms with E-state index in [9.17, 15) is 9.59 Å². The second-order valence-corrected chi connectivity index (χ2v) is 4.00. The molecule has 0 spiro atoms. The molecule has 2 rings (SSSR count). The Balaban J connectivity index is 1.96. The lowest BCUT2D eigenvalue weighted by molar-refractivity contribution is -0.118. The van der Waals surface area contributed by atoms with E-state index in [-0.39, 0.29) is 23.7 Å². The standard InChI is InChI=1S/C14H14N2O3/c1-10-14(12(17)7-8-15-10)19-9-13(18)16-11-5-3-2-4-6-11/h2-8H,9H2,1H3,(H,15,17)(H,16,18). The van der Waals surface area contributed by atoms with E-state index in [1.54, 1.807) is 19.1 Å². The van der Waals surface area contributed by atoms with Crippen molar-refractivity contribution in [2.24, 2.45) is 0 Å². The van der Waals surface area contributed by atoms with E-state index < -0.39 is 0 Å². The maximum atomic E-state index is 11.7. The molecule has 1 aromatic heterocycles. The molecule has 0 radical (unpaired) electrons. The Morgan fingerprint density at radius 1 is 1.26 bits per heavy atom. The lowest BCUT2D eigenvalue weighted by Gasteiger charge is -2.08. The van der Waals surface area contributed by atoms with Gasteiger partial charge in [-0.15, -0.1) is 0 Å². The first-order chi connectivity index (χ1) is 9.16. The summed E-state index contributed by atoms with van der Waals surface area (Å²) in [7, 11) is 0. The zero-order valence-corrected chi connectivity index (χ0v) is 10.5. The number of hydrogen-bond donors (Lipinski definition) is 2. The van der Waals surface area contributed by atoms with Crippen LogP contribution < -0.4 is 15.5 Å². The third kappa shape index (κ3) is 3.45. The first-order valence-electron chi connectivity index (χ1n) is 5.83. The van der Waals surface area contributed by atoms with Gasteiger partial charge in [0, 0.05) is 18.0 Å². The van der Waals surface area contributed by atoms with E-state index in [0.717, 1.165) is 0 Å². The predicted molar refractivity (Wildman–Crippen MR) is 72.4 cm³/mol. The molecule has 0 aliphatic carbocycles. The molecule has 1 amide bonds. The van der Waals surface area contributed by atoms with Crippen molar-refractivity contribution in [3.05, 3.63) is 58.5 Å². The van der Waals surface area contributed by atoms with Gasteiger partial charge in [-0.05, 0) is 19.1 Å². The number of anilines is 1. The number of aromatic amines is 1. The van der Waals surface area contributed by atoms with Crippen molar-refractivity contribution in [3.8, 4) is 5.75 Å². The SMILES string of the molecule is Cc1[nH]ccc(=O)c1OCC(=O)Nc1ccccc1. The molecule has 2 N–H and O–H groups in total. The molecule has 19 heavy (non-hydrogen) atoms. The van der Waals surface area contributed by atoms with Gasteiger partial charge in [0.05, 0.1) is 5.69 Å². The molecule has 0 aliphatic rings. The van der Waals surface area contributed by atoms with Gasteiger partial charge in [-0.1, -0.05) is 18.2 Å². The summed E-state index contributed by atoms with van der Waals surface area (Å²) in [5.74, 6) is -0.139. The summed E-state index contributed by atoms with van der Waals surface area (Å²) < 4.78 is 5.25. The summed E-state index contributed by atoms with van der Waals surface area (Å²) in [6.45, 7) is 1.51. The third-order valence-electron chi connectivity index (χ3n) is 2.50. The highest BCUT2D eigenvalue weighted by Gasteiger charge is 2.08. The molecule has 5 heteroatoms. The van der Waals surface area contributed by atoms with Crippen LogP contribution in [0.2, 0.25) is 0 Å². The van der Waals surface area contributed by atoms with Crippen LogP contribution in [0.15, 0.2) is 47.4 Å². The normalized spacial score (nSPS) is 9.95. The molecular weight excluding hydrogens is 244 g/mol. The highest BCUT2D eigenvalue weighted by Crippen LogP contribution is 2.08. The van der Waals surface area contributed by atoms with Crippen molar-refractivity contribution in [1.82, 2.24) is 4.98 Å². The lowest BCUT2D eigenvalue weighted by atomic mass is 10.3. The van der Waals surface area contributed by atoms with Gasteiger partial charge in [-0.25, -0.2) is 0 Å². The molecular formula is C14H14N2O3. The molecule has 1 heterocycles. The fourth-order valence-corrected chi connectivity index (χ4v) is 1.60. The fourth-order valence-electron chi connectivity index (χ4n) is 1.60. The van der Waals surface area contributed by atoms with E-state index >= 15 is 0 Å². The largest absolute Gasteiger partial charge is 0.478 e. The number of carbonyl (C=O) groups is 1. The van der Waals surface area contributed by atoms with Gasteiger partial charge < -0.3 is 15.0 Å². The summed E-state index contributed by atoms with van der Waals surface area (Å²) in [6, 6.07) is 10.4. The van der Waals surface area contributed by atoms with Crippen LogP contribution >= 0.6 is 0 Å². The van der Waals surface area contributed by atoms with Crippen molar-refractivity contribution in [3.63, 3.8) is 0 Å². The van der Waals surface area contributed by atoms with Crippen molar-refractivity contribution < 1.29 is 9.53 Å². The monoisotopic (exact) mass is 258 g/mol. The van der Waals surface area contributed by atoms with Crippen LogP contribution in [0.4, 0.5) is 5.69 Å². The van der Waals surface area contributed by atoms with Gasteiger partial charge in [0.2, 0.25) is 5.43 Å². The average Bonchev–Trinajstić information content (AvgIpc) is 2.39. The maximum absolute atomic E-state index is 11.7. The Morgan fingerprint density at radius 3 is 2.68 bits per heavy atom. The Hall–Kier alpha value is -2.56. The van der Waals surface area contributed by atoms with Crippen molar-refractivity contribution in [2.45, 2.75) is 6.92 Å². The number of para-hydroxylation sites is 1. The van der Waals surface area contributed by atoms with Gasteiger partial charge in [-0.2, -0.15) is 0 Å². The van der Waals surface area contributed by atoms with Gasteiger partial charge in [0.1, 0.15) is 0 Å². The quantitative estimate of drug-likeness (QED) is 0.876. The number of amides is 1. The minimum atomic E-state index is -0.311. The van der Waals surface area contributed by atoms with Crippen molar-refractivity contribution in [2.75, 3.05) is 11.9 Å². The number of carbonyl (C=O) groups excluding carboxylic acids is 1. The van der Waals surface area contributed by atoms with Crippen LogP contribution in [0.1, 0.15) is 5.69 Å². The van der Waals surface area contributed by atoms with Crippen LogP contribution in [0, 0.1) is 6.92 Å². The number of ether oxygens (including phenoxy) is 1. The van der Waals surface area contributed by atoms with E-state index in [4.69, 9.17) is 4.74 Å². The second-order valence-electron chi connectivity index (χ2n) is 4.00. The van der Waals surface area contributed by atoms with Gasteiger partial charge >= 0.3 is 0 Å². The van der Waals surface area contributed by atoms with E-state index in [1.165, 1.54) is 12.3 Å². The Kier molecular flexibility index (Phi) is 3.97. The molecule has 0 saturated carbocycles. The van der Waals surface area contributed by atoms with Crippen molar-refractivity contribution in [1.29, 1.82) is 0 Å². The lowest BCUT2D eigenvalue weighted by Crippen LogP contribution is -2.22. The number of rotatable bonds is 4. The van der Waals surface area contributed by atoms with E-state index in [0.29, 0.717) is 11.4 Å². The number of hydrogen-bond acceptors (Lipinski definition) is 3. The Morgan fingerprint density at radius 2 is 2.00 bits per heavy atom. The number of aryl methyl sites for hydroxylation is 1. The Bertz CT molecular complexity index is 620. The summed E-state index contributed by atoms with van der Waals surface area (Å²) in [5, 5.41) is 2.67. The van der Waals surface area contributed by atoms with Gasteiger partial charge in [-0.3, -0.25) is 9.59 Å². The van der Waals surface area contributed by atoms with Crippen LogP contribution in [0.5, 0.6) is 5.75 Å². The first kappa shape index (κ1) is 12.9. The second kappa shape index (κ2) is 5.86. The minimum absolute atomic E-state index is 0.172. The van der Waals surface area contributed by atoms with Crippen LogP contribution in [0.25, 0.3) is 0 Å². The number of aromatic nitrogens is 1. The zero-order valence-electron chi connectivity index (χ0n) is 10.5. The summed E-state index contributed by atoms with van der Waals surface area (Å²) in [5.41, 5.74) is 1.04. The van der Waals surface area contributed by atoms with Crippen LogP contribution in [-0.4, -0.2) is 17.5 Å². The molecule has 2 aromatic rings. The van der Waals surface area contributed by atoms with E-state index in [2.05, 4.69) is 10.3 Å². The summed E-state index contributed by atoms with van der Waals surface area (Å²) in [4.78, 5) is 26.1. The molecule has 0 aliphatic heterocycles. The molecule has 0 saturated heterocycles. The maximum Gasteiger partial charge on any atom is 0.262 e. The topological polar surface area (TPSA) is 71.2 Å². The van der Waals surface area contributed by atoms with Gasteiger partial charge in [0.15, 0.2) is 12.4 Å². The molecule has 0 unspecified atom stereocenters. The fraction of sp³-hybridized carbons (Fsp3) is 0.143. The minimum Gasteiger partial charge on any atom is -0.478 e. The summed E-state index contributed by atoms with van der Waals surface area (Å²) >= 11 is 0. The highest BCUT2D eigenvalue weighted by molar-refractivity contribution is 5.91. The smallest absolute Gasteiger partial charge is 0.262 e. The zero-order chi connectivity index (χ0) is 13.7. The van der Waals surface area contributed by atoms with Crippen molar-refractivity contribution >= 4 is 11.6 Å². The molecule has 98 valence electrons. The molecule has 0 fully saturated rings. The molecule has 0 atom stereocenters. The number of nitrogens with one attached hydrogen (secondary N) is 2. The molecule has 1 aromatic carbocycles. The van der Waals surface area contributed by atoms with Crippen LogP contribution in [-0.2, 0) is 4.79 Å². The molecule has 0 bridgehead atoms. The number of H-pyrrole nitrogens is 1.